The summed E-state index contributed by atoms with van der Waals surface area (Å²) in [6.07, 6.45) is -1.55. The van der Waals surface area contributed by atoms with Gasteiger partial charge in [-0.1, -0.05) is 0 Å². The molecule has 2 unspecified atom stereocenters. The molecule has 0 saturated carbocycles. The number of alkyl carbamates (subject to hydrolysis) is 1. The Morgan fingerprint density at radius 1 is 1.75 bits per heavy atom. The number of alkyl halides is 1. The van der Waals surface area contributed by atoms with Crippen molar-refractivity contribution in [3.05, 3.63) is 0 Å². The summed E-state index contributed by atoms with van der Waals surface area (Å²) in [5.41, 5.74) is 0. The standard InChI is InChI=1S/C7H13FN2O2/c1-2-12-7(11)10-6-4-9-3-5(6)8/h5-6,9H,2-4H2,1H3,(H,10,11). The second kappa shape index (κ2) is 4.25. The highest BCUT2D eigenvalue weighted by molar-refractivity contribution is 5.67. The summed E-state index contributed by atoms with van der Waals surface area (Å²) in [4.78, 5) is 10.8. The molecule has 4 nitrogen and oxygen atoms in total. The van der Waals surface area contributed by atoms with Crippen LogP contribution in [0.3, 0.4) is 0 Å². The fourth-order valence-electron chi connectivity index (χ4n) is 1.11. The monoisotopic (exact) mass is 176 g/mol. The second-order valence-electron chi connectivity index (χ2n) is 2.65. The number of carbonyl (C=O) groups is 1. The van der Waals surface area contributed by atoms with Gasteiger partial charge < -0.3 is 15.4 Å². The first-order valence-electron chi connectivity index (χ1n) is 4.02. The summed E-state index contributed by atoms with van der Waals surface area (Å²) in [5.74, 6) is 0. The van der Waals surface area contributed by atoms with Crippen molar-refractivity contribution in [3.8, 4) is 0 Å². The summed E-state index contributed by atoms with van der Waals surface area (Å²) in [6.45, 7) is 2.79. The number of hydrogen-bond acceptors (Lipinski definition) is 3. The van der Waals surface area contributed by atoms with Crippen molar-refractivity contribution in [2.24, 2.45) is 0 Å². The molecule has 70 valence electrons. The van der Waals surface area contributed by atoms with E-state index in [1.165, 1.54) is 0 Å². The number of carbonyl (C=O) groups excluding carboxylic acids is 1. The largest absolute Gasteiger partial charge is 0.450 e. The minimum Gasteiger partial charge on any atom is -0.450 e. The van der Waals surface area contributed by atoms with Crippen LogP contribution in [0.4, 0.5) is 9.18 Å². The molecule has 0 spiro atoms. The Hall–Kier alpha value is -0.840. The van der Waals surface area contributed by atoms with Gasteiger partial charge in [-0.15, -0.1) is 0 Å². The van der Waals surface area contributed by atoms with Crippen molar-refractivity contribution in [2.45, 2.75) is 19.1 Å². The smallest absolute Gasteiger partial charge is 0.407 e. The molecule has 0 radical (unpaired) electrons. The number of halogens is 1. The first-order chi connectivity index (χ1) is 5.74. The zero-order valence-electron chi connectivity index (χ0n) is 6.97. The quantitative estimate of drug-likeness (QED) is 0.624. The lowest BCUT2D eigenvalue weighted by Crippen LogP contribution is -2.41. The number of nitrogens with one attached hydrogen (secondary N) is 2. The maximum atomic E-state index is 12.9. The molecular weight excluding hydrogens is 163 g/mol. The normalized spacial score (nSPS) is 28.5. The van der Waals surface area contributed by atoms with Gasteiger partial charge in [-0.05, 0) is 6.92 Å². The number of ether oxygens (including phenoxy) is 1. The van der Waals surface area contributed by atoms with Gasteiger partial charge >= 0.3 is 6.09 Å². The third-order valence-electron chi connectivity index (χ3n) is 1.72. The van der Waals surface area contributed by atoms with Gasteiger partial charge in [0.1, 0.15) is 6.17 Å². The average Bonchev–Trinajstić information content (AvgIpc) is 2.37. The molecule has 0 aromatic carbocycles. The van der Waals surface area contributed by atoms with Gasteiger partial charge in [0.25, 0.3) is 0 Å². The third kappa shape index (κ3) is 2.34. The maximum Gasteiger partial charge on any atom is 0.407 e. The van der Waals surface area contributed by atoms with E-state index in [4.69, 9.17) is 0 Å². The predicted octanol–water partition coefficient (Wildman–Crippen LogP) is 0.0424. The Balaban J connectivity index is 2.25. The van der Waals surface area contributed by atoms with E-state index in [9.17, 15) is 9.18 Å². The van der Waals surface area contributed by atoms with Crippen molar-refractivity contribution in [1.29, 1.82) is 0 Å². The minimum atomic E-state index is -1.01. The van der Waals surface area contributed by atoms with Gasteiger partial charge in [-0.3, -0.25) is 0 Å². The van der Waals surface area contributed by atoms with E-state index in [2.05, 4.69) is 15.4 Å². The number of hydrogen-bond donors (Lipinski definition) is 2. The lowest BCUT2D eigenvalue weighted by atomic mass is 10.2. The van der Waals surface area contributed by atoms with Crippen molar-refractivity contribution >= 4 is 6.09 Å². The van der Waals surface area contributed by atoms with Crippen molar-refractivity contribution in [2.75, 3.05) is 19.7 Å². The van der Waals surface area contributed by atoms with Crippen LogP contribution in [-0.2, 0) is 4.74 Å². The van der Waals surface area contributed by atoms with E-state index in [0.717, 1.165) is 0 Å². The van der Waals surface area contributed by atoms with Crippen LogP contribution in [0.1, 0.15) is 6.92 Å². The van der Waals surface area contributed by atoms with E-state index in [1.807, 2.05) is 0 Å². The zero-order valence-corrected chi connectivity index (χ0v) is 6.97. The van der Waals surface area contributed by atoms with E-state index >= 15 is 0 Å². The predicted molar refractivity (Wildman–Crippen MR) is 41.7 cm³/mol. The SMILES string of the molecule is CCOC(=O)NC1CNCC1F. The first kappa shape index (κ1) is 9.25. The van der Waals surface area contributed by atoms with Gasteiger partial charge in [0.15, 0.2) is 0 Å². The molecule has 1 aliphatic heterocycles. The van der Waals surface area contributed by atoms with Crippen molar-refractivity contribution < 1.29 is 13.9 Å². The highest BCUT2D eigenvalue weighted by Gasteiger charge is 2.28. The molecule has 1 aliphatic rings. The molecule has 2 N–H and O–H groups in total. The lowest BCUT2D eigenvalue weighted by Gasteiger charge is -2.12. The summed E-state index contributed by atoms with van der Waals surface area (Å²) in [5, 5.41) is 5.26. The molecule has 0 aromatic heterocycles. The first-order valence-corrected chi connectivity index (χ1v) is 4.02. The maximum absolute atomic E-state index is 12.9. The zero-order chi connectivity index (χ0) is 8.97. The van der Waals surface area contributed by atoms with Gasteiger partial charge in [-0.2, -0.15) is 0 Å². The molecule has 0 bridgehead atoms. The highest BCUT2D eigenvalue weighted by atomic mass is 19.1. The van der Waals surface area contributed by atoms with Crippen LogP contribution in [0.5, 0.6) is 0 Å². The third-order valence-corrected chi connectivity index (χ3v) is 1.72. The van der Waals surface area contributed by atoms with Crippen molar-refractivity contribution in [1.82, 2.24) is 10.6 Å². The Bertz CT molecular complexity index is 165. The second-order valence-corrected chi connectivity index (χ2v) is 2.65. The van der Waals surface area contributed by atoms with Gasteiger partial charge in [0.05, 0.1) is 12.6 Å². The molecule has 2 atom stereocenters. The molecule has 1 heterocycles. The molecule has 1 amide bonds. The van der Waals surface area contributed by atoms with Crippen molar-refractivity contribution in [3.63, 3.8) is 0 Å². The van der Waals surface area contributed by atoms with Crippen LogP contribution in [0.2, 0.25) is 0 Å². The molecule has 0 aromatic rings. The van der Waals surface area contributed by atoms with Gasteiger partial charge in [0, 0.05) is 13.1 Å². The number of amides is 1. The minimum absolute atomic E-state index is 0.303. The van der Waals surface area contributed by atoms with Crippen LogP contribution >= 0.6 is 0 Å². The van der Waals surface area contributed by atoms with Gasteiger partial charge in [0.2, 0.25) is 0 Å². The lowest BCUT2D eigenvalue weighted by molar-refractivity contribution is 0.143. The molecule has 1 fully saturated rings. The van der Waals surface area contributed by atoms with Gasteiger partial charge in [-0.25, -0.2) is 9.18 Å². The summed E-state index contributed by atoms with van der Waals surface area (Å²) in [7, 11) is 0. The van der Waals surface area contributed by atoms with Crippen LogP contribution in [-0.4, -0.2) is 38.0 Å². The Morgan fingerprint density at radius 3 is 3.00 bits per heavy atom. The molecule has 1 rings (SSSR count). The van der Waals surface area contributed by atoms with Crippen LogP contribution in [0.25, 0.3) is 0 Å². The van der Waals surface area contributed by atoms with E-state index in [0.29, 0.717) is 19.7 Å². The highest BCUT2D eigenvalue weighted by Crippen LogP contribution is 2.03. The van der Waals surface area contributed by atoms with Crippen LogP contribution in [0, 0.1) is 0 Å². The Kier molecular flexibility index (Phi) is 3.28. The molecule has 5 heteroatoms. The van der Waals surface area contributed by atoms with Crippen LogP contribution < -0.4 is 10.6 Å². The summed E-state index contributed by atoms with van der Waals surface area (Å²) < 4.78 is 17.5. The Labute approximate surface area is 70.5 Å². The molecule has 12 heavy (non-hydrogen) atoms. The van der Waals surface area contributed by atoms with E-state index in [1.54, 1.807) is 6.92 Å². The Morgan fingerprint density at radius 2 is 2.50 bits per heavy atom. The fourth-order valence-corrected chi connectivity index (χ4v) is 1.11. The summed E-state index contributed by atoms with van der Waals surface area (Å²) in [6, 6.07) is -0.441. The van der Waals surface area contributed by atoms with E-state index in [-0.39, 0.29) is 0 Å². The van der Waals surface area contributed by atoms with E-state index < -0.39 is 18.3 Å². The van der Waals surface area contributed by atoms with Crippen LogP contribution in [0.15, 0.2) is 0 Å². The molecule has 0 aliphatic carbocycles. The summed E-state index contributed by atoms with van der Waals surface area (Å²) >= 11 is 0. The average molecular weight is 176 g/mol. The fraction of sp³-hybridized carbons (Fsp3) is 0.857. The molecular formula is C7H13FN2O2. The topological polar surface area (TPSA) is 50.4 Å². The number of rotatable bonds is 2. The molecule has 1 saturated heterocycles.